The topological polar surface area (TPSA) is 98.1 Å². The number of rotatable bonds is 7. The van der Waals surface area contributed by atoms with Crippen LogP contribution < -0.4 is 0 Å². The smallest absolute Gasteiger partial charge is 0.181 e. The number of aryl methyl sites for hydroxylation is 1. The minimum Gasteiger partial charge on any atom is -0.321 e. The van der Waals surface area contributed by atoms with Crippen molar-refractivity contribution in [1.29, 1.82) is 0 Å². The zero-order valence-corrected chi connectivity index (χ0v) is 17.2. The lowest BCUT2D eigenvalue weighted by molar-refractivity contribution is 0.689. The van der Waals surface area contributed by atoms with Crippen molar-refractivity contribution in [3.05, 3.63) is 72.4 Å². The van der Waals surface area contributed by atoms with Gasteiger partial charge in [0.05, 0.1) is 6.20 Å². The molecule has 0 amide bonds. The number of hydrogen-bond acceptors (Lipinski definition) is 6. The molecule has 5 rings (SSSR count). The molecule has 2 aromatic carbocycles. The van der Waals surface area contributed by atoms with Gasteiger partial charge in [-0.25, -0.2) is 20.1 Å². The van der Waals surface area contributed by atoms with E-state index in [0.717, 1.165) is 59.5 Å². The predicted molar refractivity (Wildman–Crippen MR) is 118 cm³/mol. The highest BCUT2D eigenvalue weighted by atomic mass is 15.5. The SMILES string of the molecule is CCCCc1nc2ncncc2n1Cc1ccc(-c2ccccc2-c2nnn[nH]2)cc1. The largest absolute Gasteiger partial charge is 0.321 e. The van der Waals surface area contributed by atoms with Crippen LogP contribution >= 0.6 is 0 Å². The third-order valence-electron chi connectivity index (χ3n) is 5.40. The van der Waals surface area contributed by atoms with Crippen LogP contribution in [0.1, 0.15) is 31.2 Å². The van der Waals surface area contributed by atoms with E-state index in [2.05, 4.69) is 72.4 Å². The Bertz CT molecular complexity index is 1290. The van der Waals surface area contributed by atoms with Crippen LogP contribution in [-0.4, -0.2) is 40.1 Å². The summed E-state index contributed by atoms with van der Waals surface area (Å²) in [7, 11) is 0. The molecule has 3 aromatic heterocycles. The van der Waals surface area contributed by atoms with E-state index in [4.69, 9.17) is 4.98 Å². The number of unbranched alkanes of at least 4 members (excludes halogenated alkanes) is 1. The molecule has 0 aliphatic rings. The third kappa shape index (κ3) is 3.79. The Morgan fingerprint density at radius 3 is 2.61 bits per heavy atom. The first kappa shape index (κ1) is 19.0. The number of aromatic amines is 1. The van der Waals surface area contributed by atoms with E-state index in [1.54, 1.807) is 6.33 Å². The van der Waals surface area contributed by atoms with E-state index in [-0.39, 0.29) is 0 Å². The zero-order valence-electron chi connectivity index (χ0n) is 17.2. The van der Waals surface area contributed by atoms with Crippen LogP contribution in [0.4, 0.5) is 0 Å². The van der Waals surface area contributed by atoms with E-state index in [1.807, 2.05) is 24.4 Å². The lowest BCUT2D eigenvalue weighted by atomic mass is 9.98. The second-order valence-corrected chi connectivity index (χ2v) is 7.44. The monoisotopic (exact) mass is 410 g/mol. The molecular weight excluding hydrogens is 388 g/mol. The average Bonchev–Trinajstić information content (AvgIpc) is 3.47. The van der Waals surface area contributed by atoms with E-state index in [0.29, 0.717) is 5.82 Å². The van der Waals surface area contributed by atoms with Crippen molar-refractivity contribution < 1.29 is 0 Å². The number of H-pyrrole nitrogens is 1. The molecule has 0 aliphatic carbocycles. The summed E-state index contributed by atoms with van der Waals surface area (Å²) in [5.41, 5.74) is 6.09. The first-order chi connectivity index (χ1) is 15.3. The van der Waals surface area contributed by atoms with E-state index in [9.17, 15) is 0 Å². The Hall–Kier alpha value is -3.94. The van der Waals surface area contributed by atoms with Crippen molar-refractivity contribution in [2.45, 2.75) is 32.7 Å². The zero-order chi connectivity index (χ0) is 21.0. The number of fused-ring (bicyclic) bond motifs is 1. The summed E-state index contributed by atoms with van der Waals surface area (Å²) in [6.45, 7) is 2.93. The number of benzene rings is 2. The average molecular weight is 410 g/mol. The van der Waals surface area contributed by atoms with Crippen LogP contribution in [0.3, 0.4) is 0 Å². The molecule has 0 spiro atoms. The second kappa shape index (κ2) is 8.43. The van der Waals surface area contributed by atoms with Crippen LogP contribution in [0.25, 0.3) is 33.7 Å². The van der Waals surface area contributed by atoms with Gasteiger partial charge in [-0.1, -0.05) is 61.9 Å². The molecule has 154 valence electrons. The van der Waals surface area contributed by atoms with Gasteiger partial charge < -0.3 is 4.57 Å². The fraction of sp³-hybridized carbons (Fsp3) is 0.217. The maximum absolute atomic E-state index is 4.74. The lowest BCUT2D eigenvalue weighted by Gasteiger charge is -2.11. The third-order valence-corrected chi connectivity index (χ3v) is 5.40. The van der Waals surface area contributed by atoms with Crippen LogP contribution in [0.5, 0.6) is 0 Å². The maximum Gasteiger partial charge on any atom is 0.181 e. The number of nitrogens with zero attached hydrogens (tertiary/aromatic N) is 7. The van der Waals surface area contributed by atoms with E-state index >= 15 is 0 Å². The van der Waals surface area contributed by atoms with E-state index in [1.165, 1.54) is 5.56 Å². The van der Waals surface area contributed by atoms with Crippen LogP contribution in [0, 0.1) is 0 Å². The summed E-state index contributed by atoms with van der Waals surface area (Å²) >= 11 is 0. The van der Waals surface area contributed by atoms with E-state index < -0.39 is 0 Å². The van der Waals surface area contributed by atoms with Gasteiger partial charge in [0.1, 0.15) is 17.7 Å². The maximum atomic E-state index is 4.74. The van der Waals surface area contributed by atoms with Crippen molar-refractivity contribution in [1.82, 2.24) is 40.1 Å². The van der Waals surface area contributed by atoms with Gasteiger partial charge in [-0.2, -0.15) is 0 Å². The molecule has 8 heteroatoms. The molecule has 0 bridgehead atoms. The van der Waals surface area contributed by atoms with Gasteiger partial charge in [0.2, 0.25) is 0 Å². The van der Waals surface area contributed by atoms with Gasteiger partial charge >= 0.3 is 0 Å². The molecule has 0 radical (unpaired) electrons. The highest BCUT2D eigenvalue weighted by Gasteiger charge is 2.13. The Labute approximate surface area is 179 Å². The fourth-order valence-electron chi connectivity index (χ4n) is 3.80. The van der Waals surface area contributed by atoms with Gasteiger partial charge in [0.15, 0.2) is 11.5 Å². The fourth-order valence-corrected chi connectivity index (χ4v) is 3.80. The number of nitrogens with one attached hydrogen (secondary N) is 1. The van der Waals surface area contributed by atoms with Crippen LogP contribution in [0.2, 0.25) is 0 Å². The van der Waals surface area contributed by atoms with Gasteiger partial charge in [-0.3, -0.25) is 0 Å². The summed E-state index contributed by atoms with van der Waals surface area (Å²) in [5.74, 6) is 1.72. The van der Waals surface area contributed by atoms with Gasteiger partial charge in [0, 0.05) is 18.5 Å². The first-order valence-corrected chi connectivity index (χ1v) is 10.4. The molecule has 0 unspecified atom stereocenters. The van der Waals surface area contributed by atoms with Crippen molar-refractivity contribution >= 4 is 11.2 Å². The molecule has 0 aliphatic heterocycles. The summed E-state index contributed by atoms with van der Waals surface area (Å²) < 4.78 is 2.23. The Kier molecular flexibility index (Phi) is 5.18. The quantitative estimate of drug-likeness (QED) is 0.434. The van der Waals surface area contributed by atoms with Crippen molar-refractivity contribution in [2.75, 3.05) is 0 Å². The van der Waals surface area contributed by atoms with Crippen molar-refractivity contribution in [3.8, 4) is 22.5 Å². The minimum atomic E-state index is 0.658. The molecule has 3 heterocycles. The standard InChI is InChI=1S/C23H22N8/c1-2-3-8-21-26-23-20(13-24-15-25-23)31(21)14-16-9-11-17(12-10-16)18-6-4-5-7-19(18)22-27-29-30-28-22/h4-7,9-13,15H,2-3,8,14H2,1H3,(H,27,28,29,30). The van der Waals surface area contributed by atoms with Gasteiger partial charge in [0.25, 0.3) is 0 Å². The molecule has 5 aromatic rings. The number of hydrogen-bond donors (Lipinski definition) is 1. The molecule has 0 saturated heterocycles. The van der Waals surface area contributed by atoms with Crippen LogP contribution in [0.15, 0.2) is 61.1 Å². The Morgan fingerprint density at radius 2 is 1.84 bits per heavy atom. The number of aromatic nitrogens is 8. The van der Waals surface area contributed by atoms with Crippen LogP contribution in [-0.2, 0) is 13.0 Å². The molecule has 0 saturated carbocycles. The lowest BCUT2D eigenvalue weighted by Crippen LogP contribution is -2.05. The molecule has 0 atom stereocenters. The van der Waals surface area contributed by atoms with Gasteiger partial charge in [-0.15, -0.1) is 5.10 Å². The predicted octanol–water partition coefficient (Wildman–Crippen LogP) is 4.06. The van der Waals surface area contributed by atoms with Gasteiger partial charge in [-0.05, 0) is 33.5 Å². The highest BCUT2D eigenvalue weighted by molar-refractivity contribution is 5.80. The Balaban J connectivity index is 1.46. The molecular formula is C23H22N8. The summed E-state index contributed by atoms with van der Waals surface area (Å²) in [5, 5.41) is 14.3. The first-order valence-electron chi connectivity index (χ1n) is 10.4. The molecule has 1 N–H and O–H groups in total. The highest BCUT2D eigenvalue weighted by Crippen LogP contribution is 2.30. The van der Waals surface area contributed by atoms with Crippen molar-refractivity contribution in [3.63, 3.8) is 0 Å². The molecule has 8 nitrogen and oxygen atoms in total. The van der Waals surface area contributed by atoms with Crippen molar-refractivity contribution in [2.24, 2.45) is 0 Å². The normalized spacial score (nSPS) is 11.3. The molecule has 0 fully saturated rings. The summed E-state index contributed by atoms with van der Waals surface area (Å²) in [6.07, 6.45) is 6.57. The second-order valence-electron chi connectivity index (χ2n) is 7.44. The number of tetrazole rings is 1. The summed E-state index contributed by atoms with van der Waals surface area (Å²) in [4.78, 5) is 13.3. The molecule has 31 heavy (non-hydrogen) atoms. The Morgan fingerprint density at radius 1 is 1.00 bits per heavy atom. The number of imidazole rings is 1. The minimum absolute atomic E-state index is 0.658. The summed E-state index contributed by atoms with van der Waals surface area (Å²) in [6, 6.07) is 16.7.